The highest BCUT2D eigenvalue weighted by Crippen LogP contribution is 2.33. The summed E-state index contributed by atoms with van der Waals surface area (Å²) in [7, 11) is 3.77. The number of aromatic carboxylic acids is 1. The number of carbonyl (C=O) groups is 1. The van der Waals surface area contributed by atoms with Crippen molar-refractivity contribution in [3.05, 3.63) is 83.3 Å². The Morgan fingerprint density at radius 2 is 1.32 bits per heavy atom. The average molecular weight is 474 g/mol. The second kappa shape index (κ2) is 8.58. The molecule has 0 bridgehead atoms. The Bertz CT molecular complexity index is 1430. The standard InChI is InChI=1S/C23H15F5N4O2/c1-31(2)14-6-3-12(4-7-14)29-30-13-5-8-15-11(9-13)10-16(23(33)34)32(15)22-20(27)18(25)17(24)19(26)21(22)28/h3-10H,1-2H3,(H,33,34)/b30-29+. The minimum atomic E-state index is -2.34. The molecule has 1 aromatic heterocycles. The molecule has 0 fully saturated rings. The van der Waals surface area contributed by atoms with Gasteiger partial charge in [-0.05, 0) is 48.5 Å². The lowest BCUT2D eigenvalue weighted by atomic mass is 10.2. The number of aromatic nitrogens is 1. The third-order valence-corrected chi connectivity index (χ3v) is 5.06. The van der Waals surface area contributed by atoms with E-state index in [4.69, 9.17) is 0 Å². The van der Waals surface area contributed by atoms with Crippen molar-refractivity contribution >= 4 is 33.9 Å². The highest BCUT2D eigenvalue weighted by atomic mass is 19.2. The number of halogens is 5. The van der Waals surface area contributed by atoms with Crippen molar-refractivity contribution in [3.63, 3.8) is 0 Å². The van der Waals surface area contributed by atoms with E-state index in [0.717, 1.165) is 11.8 Å². The Kier molecular flexibility index (Phi) is 5.78. The number of hydrogen-bond acceptors (Lipinski definition) is 4. The maximum absolute atomic E-state index is 14.4. The maximum Gasteiger partial charge on any atom is 0.352 e. The summed E-state index contributed by atoms with van der Waals surface area (Å²) in [6.45, 7) is 0. The number of hydrogen-bond donors (Lipinski definition) is 1. The fourth-order valence-corrected chi connectivity index (χ4v) is 3.39. The Morgan fingerprint density at radius 3 is 1.88 bits per heavy atom. The van der Waals surface area contributed by atoms with Crippen LogP contribution in [0.2, 0.25) is 0 Å². The van der Waals surface area contributed by atoms with Crippen LogP contribution in [0.25, 0.3) is 16.6 Å². The first-order valence-corrected chi connectivity index (χ1v) is 9.70. The van der Waals surface area contributed by atoms with E-state index >= 15 is 0 Å². The Balaban J connectivity index is 1.82. The van der Waals surface area contributed by atoms with Crippen molar-refractivity contribution in [2.24, 2.45) is 10.2 Å². The first-order valence-electron chi connectivity index (χ1n) is 9.70. The van der Waals surface area contributed by atoms with Crippen molar-refractivity contribution < 1.29 is 31.9 Å². The third kappa shape index (κ3) is 3.85. The van der Waals surface area contributed by atoms with Crippen LogP contribution in [0.5, 0.6) is 0 Å². The van der Waals surface area contributed by atoms with Gasteiger partial charge in [-0.15, -0.1) is 0 Å². The Labute approximate surface area is 189 Å². The third-order valence-electron chi connectivity index (χ3n) is 5.06. The normalized spacial score (nSPS) is 11.5. The lowest BCUT2D eigenvalue weighted by Gasteiger charge is -2.12. The number of fused-ring (bicyclic) bond motifs is 1. The molecule has 0 aliphatic heterocycles. The van der Waals surface area contributed by atoms with Crippen LogP contribution in [0.1, 0.15) is 10.5 Å². The molecule has 174 valence electrons. The number of carboxylic acids is 1. The van der Waals surface area contributed by atoms with E-state index < -0.39 is 46.4 Å². The van der Waals surface area contributed by atoms with Crippen molar-refractivity contribution in [2.45, 2.75) is 0 Å². The van der Waals surface area contributed by atoms with Gasteiger partial charge < -0.3 is 10.0 Å². The molecule has 1 N–H and O–H groups in total. The van der Waals surface area contributed by atoms with Gasteiger partial charge >= 0.3 is 5.97 Å². The highest BCUT2D eigenvalue weighted by Gasteiger charge is 2.30. The van der Waals surface area contributed by atoms with E-state index in [2.05, 4.69) is 10.2 Å². The fraction of sp³-hybridized carbons (Fsp3) is 0.0870. The molecule has 0 spiro atoms. The van der Waals surface area contributed by atoms with Gasteiger partial charge in [0, 0.05) is 25.2 Å². The summed E-state index contributed by atoms with van der Waals surface area (Å²) in [6, 6.07) is 12.2. The van der Waals surface area contributed by atoms with Crippen LogP contribution in [0.3, 0.4) is 0 Å². The quantitative estimate of drug-likeness (QED) is 0.155. The zero-order chi connectivity index (χ0) is 24.7. The smallest absolute Gasteiger partial charge is 0.352 e. The predicted molar refractivity (Wildman–Crippen MR) is 115 cm³/mol. The maximum atomic E-state index is 14.4. The van der Waals surface area contributed by atoms with Crippen LogP contribution in [-0.4, -0.2) is 29.7 Å². The fourth-order valence-electron chi connectivity index (χ4n) is 3.39. The summed E-state index contributed by atoms with van der Waals surface area (Å²) in [5, 5.41) is 17.8. The molecule has 11 heteroatoms. The molecule has 0 aliphatic rings. The molecule has 0 saturated heterocycles. The number of azo groups is 1. The van der Waals surface area contributed by atoms with E-state index in [-0.39, 0.29) is 16.6 Å². The lowest BCUT2D eigenvalue weighted by Crippen LogP contribution is -2.14. The molecule has 34 heavy (non-hydrogen) atoms. The summed E-state index contributed by atoms with van der Waals surface area (Å²) >= 11 is 0. The molecular weight excluding hydrogens is 459 g/mol. The molecule has 0 radical (unpaired) electrons. The number of nitrogens with zero attached hydrogens (tertiary/aromatic N) is 4. The Hall–Kier alpha value is -4.28. The molecule has 0 atom stereocenters. The molecule has 0 aliphatic carbocycles. The predicted octanol–water partition coefficient (Wildman–Crippen LogP) is 6.51. The largest absolute Gasteiger partial charge is 0.477 e. The topological polar surface area (TPSA) is 70.2 Å². The van der Waals surface area contributed by atoms with Crippen LogP contribution in [0.4, 0.5) is 39.0 Å². The van der Waals surface area contributed by atoms with Gasteiger partial charge in [0.1, 0.15) is 11.4 Å². The molecule has 3 aromatic carbocycles. The van der Waals surface area contributed by atoms with E-state index in [1.165, 1.54) is 18.2 Å². The highest BCUT2D eigenvalue weighted by molar-refractivity contribution is 5.97. The van der Waals surface area contributed by atoms with Crippen LogP contribution in [0, 0.1) is 29.1 Å². The van der Waals surface area contributed by atoms with E-state index in [9.17, 15) is 31.9 Å². The molecule has 0 saturated carbocycles. The van der Waals surface area contributed by atoms with Crippen LogP contribution in [0.15, 0.2) is 58.8 Å². The SMILES string of the molecule is CN(C)c1ccc(/N=N/c2ccc3c(c2)cc(C(=O)O)n3-c2c(F)c(F)c(F)c(F)c2F)cc1. The lowest BCUT2D eigenvalue weighted by molar-refractivity contribution is 0.0688. The summed E-state index contributed by atoms with van der Waals surface area (Å²) in [4.78, 5) is 13.6. The van der Waals surface area contributed by atoms with Crippen molar-refractivity contribution in [3.8, 4) is 5.69 Å². The zero-order valence-corrected chi connectivity index (χ0v) is 17.7. The molecule has 4 aromatic rings. The second-order valence-corrected chi connectivity index (χ2v) is 7.44. The van der Waals surface area contributed by atoms with Crippen LogP contribution >= 0.6 is 0 Å². The van der Waals surface area contributed by atoms with E-state index in [1.54, 1.807) is 12.1 Å². The minimum absolute atomic E-state index is 0.102. The first kappa shape index (κ1) is 22.9. The number of benzene rings is 3. The first-order chi connectivity index (χ1) is 16.1. The van der Waals surface area contributed by atoms with Gasteiger partial charge in [-0.25, -0.2) is 26.7 Å². The molecule has 1 heterocycles. The number of anilines is 1. The van der Waals surface area contributed by atoms with Gasteiger partial charge in [-0.1, -0.05) is 0 Å². The van der Waals surface area contributed by atoms with Gasteiger partial charge in [-0.3, -0.25) is 4.57 Å². The summed E-state index contributed by atoms with van der Waals surface area (Å²) in [5.41, 5.74) is -0.428. The van der Waals surface area contributed by atoms with Gasteiger partial charge in [0.05, 0.1) is 16.9 Å². The van der Waals surface area contributed by atoms with Gasteiger partial charge in [0.25, 0.3) is 0 Å². The van der Waals surface area contributed by atoms with Gasteiger partial charge in [-0.2, -0.15) is 10.2 Å². The molecule has 4 rings (SSSR count). The molecule has 0 amide bonds. The zero-order valence-electron chi connectivity index (χ0n) is 17.7. The van der Waals surface area contributed by atoms with Gasteiger partial charge in [0.2, 0.25) is 5.82 Å². The van der Waals surface area contributed by atoms with Crippen molar-refractivity contribution in [1.29, 1.82) is 0 Å². The average Bonchev–Trinajstić information content (AvgIpc) is 3.19. The van der Waals surface area contributed by atoms with Gasteiger partial charge in [0.15, 0.2) is 23.3 Å². The van der Waals surface area contributed by atoms with E-state index in [1.807, 2.05) is 31.1 Å². The number of carboxylic acid groups (broad SMARTS) is 1. The molecule has 0 unspecified atom stereocenters. The number of rotatable bonds is 5. The summed E-state index contributed by atoms with van der Waals surface area (Å²) in [5.74, 6) is -12.6. The van der Waals surface area contributed by atoms with Crippen molar-refractivity contribution in [2.75, 3.05) is 19.0 Å². The minimum Gasteiger partial charge on any atom is -0.477 e. The monoisotopic (exact) mass is 474 g/mol. The van der Waals surface area contributed by atoms with E-state index in [0.29, 0.717) is 10.3 Å². The Morgan fingerprint density at radius 1 is 0.794 bits per heavy atom. The summed E-state index contributed by atoms with van der Waals surface area (Å²) in [6.07, 6.45) is 0. The van der Waals surface area contributed by atoms with Crippen LogP contribution < -0.4 is 4.90 Å². The van der Waals surface area contributed by atoms with Crippen LogP contribution in [-0.2, 0) is 0 Å². The van der Waals surface area contributed by atoms with Crippen molar-refractivity contribution in [1.82, 2.24) is 4.57 Å². The summed E-state index contributed by atoms with van der Waals surface area (Å²) < 4.78 is 70.3. The molecular formula is C23H15F5N4O2. The second-order valence-electron chi connectivity index (χ2n) is 7.44. The molecule has 6 nitrogen and oxygen atoms in total.